The summed E-state index contributed by atoms with van der Waals surface area (Å²) >= 11 is 0. The number of aromatic nitrogens is 2. The Kier molecular flexibility index (Phi) is 4.06. The number of piperidine rings is 1. The maximum absolute atomic E-state index is 12.7. The molecular formula is C19H28N4O. The first-order chi connectivity index (χ1) is 11.2. The number of amides is 1. The number of carbonyl (C=O) groups is 1. The summed E-state index contributed by atoms with van der Waals surface area (Å²) in [7, 11) is 1.90. The molecule has 5 heteroatoms. The van der Waals surface area contributed by atoms with Gasteiger partial charge in [-0.05, 0) is 25.0 Å². The van der Waals surface area contributed by atoms with Crippen molar-refractivity contribution in [3.05, 3.63) is 30.2 Å². The van der Waals surface area contributed by atoms with Gasteiger partial charge in [0.15, 0.2) is 0 Å². The summed E-state index contributed by atoms with van der Waals surface area (Å²) in [6, 6.07) is 4.08. The van der Waals surface area contributed by atoms with Crippen LogP contribution in [0.5, 0.6) is 0 Å². The average molecular weight is 328 g/mol. The van der Waals surface area contributed by atoms with Crippen molar-refractivity contribution in [3.63, 3.8) is 0 Å². The smallest absolute Gasteiger partial charge is 0.227 e. The van der Waals surface area contributed by atoms with E-state index in [1.807, 2.05) is 45.0 Å². The molecule has 24 heavy (non-hydrogen) atoms. The lowest BCUT2D eigenvalue weighted by Crippen LogP contribution is -2.50. The molecule has 0 radical (unpaired) electrons. The largest absolute Gasteiger partial charge is 0.371 e. The van der Waals surface area contributed by atoms with Crippen LogP contribution in [0.1, 0.15) is 46.2 Å². The number of hydrogen-bond acceptors (Lipinski definition) is 3. The zero-order valence-corrected chi connectivity index (χ0v) is 15.4. The van der Waals surface area contributed by atoms with Crippen molar-refractivity contribution in [1.29, 1.82) is 0 Å². The third-order valence-corrected chi connectivity index (χ3v) is 5.00. The fourth-order valence-corrected chi connectivity index (χ4v) is 3.62. The Bertz CT molecular complexity index is 758. The second-order valence-electron chi connectivity index (χ2n) is 8.17. The highest BCUT2D eigenvalue weighted by Crippen LogP contribution is 2.35. The molecule has 1 atom stereocenters. The summed E-state index contributed by atoms with van der Waals surface area (Å²) in [4.78, 5) is 19.6. The van der Waals surface area contributed by atoms with Gasteiger partial charge in [0.2, 0.25) is 5.91 Å². The predicted molar refractivity (Wildman–Crippen MR) is 97.4 cm³/mol. The highest BCUT2D eigenvalue weighted by Gasteiger charge is 2.39. The third-order valence-electron chi connectivity index (χ3n) is 5.00. The Labute approximate surface area is 144 Å². The van der Waals surface area contributed by atoms with Crippen LogP contribution in [0.3, 0.4) is 0 Å². The second kappa shape index (κ2) is 5.80. The van der Waals surface area contributed by atoms with Crippen LogP contribution in [0.25, 0.3) is 5.52 Å². The molecule has 1 fully saturated rings. The summed E-state index contributed by atoms with van der Waals surface area (Å²) in [5.41, 5.74) is 1.65. The van der Waals surface area contributed by atoms with Gasteiger partial charge in [0.25, 0.3) is 0 Å². The van der Waals surface area contributed by atoms with Gasteiger partial charge < -0.3 is 14.6 Å². The molecule has 0 bridgehead atoms. The van der Waals surface area contributed by atoms with Gasteiger partial charge in [-0.15, -0.1) is 0 Å². The molecule has 2 aromatic heterocycles. The number of carbonyl (C=O) groups excluding carboxylic acids is 1. The van der Waals surface area contributed by atoms with Crippen molar-refractivity contribution >= 4 is 17.2 Å². The van der Waals surface area contributed by atoms with E-state index < -0.39 is 0 Å². The summed E-state index contributed by atoms with van der Waals surface area (Å²) < 4.78 is 2.12. The van der Waals surface area contributed by atoms with Gasteiger partial charge in [-0.1, -0.05) is 27.7 Å². The van der Waals surface area contributed by atoms with E-state index in [1.165, 1.54) is 0 Å². The first-order valence-corrected chi connectivity index (χ1v) is 8.70. The van der Waals surface area contributed by atoms with Gasteiger partial charge in [-0.2, -0.15) is 0 Å². The lowest BCUT2D eigenvalue weighted by Gasteiger charge is -2.42. The Morgan fingerprint density at radius 1 is 1.38 bits per heavy atom. The minimum absolute atomic E-state index is 0.122. The summed E-state index contributed by atoms with van der Waals surface area (Å²) in [5.74, 6) is 1.11. The molecule has 1 aliphatic heterocycles. The number of likely N-dealkylation sites (tertiary alicyclic amines) is 1. The van der Waals surface area contributed by atoms with Crippen LogP contribution in [0.15, 0.2) is 24.5 Å². The number of nitrogens with one attached hydrogen (secondary N) is 1. The molecule has 3 heterocycles. The van der Waals surface area contributed by atoms with Crippen molar-refractivity contribution in [1.82, 2.24) is 14.3 Å². The summed E-state index contributed by atoms with van der Waals surface area (Å²) in [5, 5.41) is 3.20. The number of anilines is 1. The van der Waals surface area contributed by atoms with Crippen molar-refractivity contribution in [3.8, 4) is 0 Å². The first kappa shape index (κ1) is 16.8. The Balaban J connectivity index is 1.97. The molecule has 1 aliphatic rings. The van der Waals surface area contributed by atoms with Crippen molar-refractivity contribution < 1.29 is 4.79 Å². The molecule has 0 saturated carbocycles. The molecule has 1 saturated heterocycles. The number of fused-ring (bicyclic) bond motifs is 1. The molecule has 3 rings (SSSR count). The van der Waals surface area contributed by atoms with E-state index >= 15 is 0 Å². The van der Waals surface area contributed by atoms with Gasteiger partial charge in [0, 0.05) is 43.4 Å². The van der Waals surface area contributed by atoms with Crippen LogP contribution >= 0.6 is 0 Å². The molecule has 1 amide bonds. The molecule has 0 spiro atoms. The van der Waals surface area contributed by atoms with Crippen LogP contribution in [-0.4, -0.2) is 40.3 Å². The van der Waals surface area contributed by atoms with Gasteiger partial charge in [-0.3, -0.25) is 4.79 Å². The van der Waals surface area contributed by atoms with Crippen LogP contribution in [0, 0.1) is 5.41 Å². The monoisotopic (exact) mass is 328 g/mol. The minimum atomic E-state index is -0.341. The standard InChI is InChI=1S/C19H28N4O/c1-18(2,3)17(24)23-11-7-9-19(4,13-23)15-12-22-10-6-8-14(22)16(20-5)21-15/h6,8,10,12H,7,9,11,13H2,1-5H3,(H,20,21)/t19-/m0/s1. The minimum Gasteiger partial charge on any atom is -0.371 e. The van der Waals surface area contributed by atoms with E-state index in [9.17, 15) is 4.79 Å². The van der Waals surface area contributed by atoms with Gasteiger partial charge in [-0.25, -0.2) is 4.98 Å². The molecule has 130 valence electrons. The predicted octanol–water partition coefficient (Wildman–Crippen LogP) is 3.30. The lowest BCUT2D eigenvalue weighted by molar-refractivity contribution is -0.141. The van der Waals surface area contributed by atoms with Crippen LogP contribution < -0.4 is 5.32 Å². The van der Waals surface area contributed by atoms with Gasteiger partial charge in [0.05, 0.1) is 11.2 Å². The van der Waals surface area contributed by atoms with Crippen molar-refractivity contribution in [2.75, 3.05) is 25.5 Å². The summed E-state index contributed by atoms with van der Waals surface area (Å²) in [6.07, 6.45) is 6.22. The SMILES string of the molecule is CNc1nc([C@@]2(C)CCCN(C(=O)C(C)(C)C)C2)cn2cccc12. The van der Waals surface area contributed by atoms with Gasteiger partial charge >= 0.3 is 0 Å². The summed E-state index contributed by atoms with van der Waals surface area (Å²) in [6.45, 7) is 9.77. The fraction of sp³-hybridized carbons (Fsp3) is 0.579. The van der Waals surface area contributed by atoms with Crippen molar-refractivity contribution in [2.45, 2.75) is 46.0 Å². The van der Waals surface area contributed by atoms with E-state index in [1.54, 1.807) is 0 Å². The molecule has 1 N–H and O–H groups in total. The zero-order valence-electron chi connectivity index (χ0n) is 15.4. The van der Waals surface area contributed by atoms with Crippen LogP contribution in [0.4, 0.5) is 5.82 Å². The highest BCUT2D eigenvalue weighted by atomic mass is 16.2. The highest BCUT2D eigenvalue weighted by molar-refractivity contribution is 5.81. The molecule has 0 aliphatic carbocycles. The molecule has 0 aromatic carbocycles. The third kappa shape index (κ3) is 2.87. The van der Waals surface area contributed by atoms with Crippen LogP contribution in [-0.2, 0) is 10.2 Å². The molecule has 5 nitrogen and oxygen atoms in total. The molecule has 0 unspecified atom stereocenters. The fourth-order valence-electron chi connectivity index (χ4n) is 3.62. The maximum Gasteiger partial charge on any atom is 0.227 e. The first-order valence-electron chi connectivity index (χ1n) is 8.70. The Morgan fingerprint density at radius 3 is 2.79 bits per heavy atom. The van der Waals surface area contributed by atoms with E-state index in [-0.39, 0.29) is 16.7 Å². The normalized spacial score (nSPS) is 22.0. The zero-order chi connectivity index (χ0) is 17.5. The topological polar surface area (TPSA) is 49.6 Å². The molecular weight excluding hydrogens is 300 g/mol. The average Bonchev–Trinajstić information content (AvgIpc) is 3.01. The molecule has 2 aromatic rings. The Morgan fingerprint density at radius 2 is 2.12 bits per heavy atom. The van der Waals surface area contributed by atoms with Gasteiger partial charge in [0.1, 0.15) is 5.82 Å². The number of nitrogens with zero attached hydrogens (tertiary/aromatic N) is 3. The quantitative estimate of drug-likeness (QED) is 0.920. The second-order valence-corrected chi connectivity index (χ2v) is 8.17. The van der Waals surface area contributed by atoms with E-state index in [0.29, 0.717) is 0 Å². The Hall–Kier alpha value is -2.04. The number of rotatable bonds is 2. The number of hydrogen-bond donors (Lipinski definition) is 1. The van der Waals surface area contributed by atoms with Crippen molar-refractivity contribution in [2.24, 2.45) is 5.41 Å². The van der Waals surface area contributed by atoms with E-state index in [2.05, 4.69) is 28.9 Å². The maximum atomic E-state index is 12.7. The van der Waals surface area contributed by atoms with Crippen LogP contribution in [0.2, 0.25) is 0 Å². The van der Waals surface area contributed by atoms with E-state index in [4.69, 9.17) is 4.98 Å². The lowest BCUT2D eigenvalue weighted by atomic mass is 9.78. The van der Waals surface area contributed by atoms with E-state index in [0.717, 1.165) is 43.0 Å².